The predicted molar refractivity (Wildman–Crippen MR) is 74.6 cm³/mol. The van der Waals surface area contributed by atoms with E-state index in [1.165, 1.54) is 22.9 Å². The van der Waals surface area contributed by atoms with Crippen molar-refractivity contribution in [2.24, 2.45) is 5.41 Å². The van der Waals surface area contributed by atoms with E-state index in [-0.39, 0.29) is 0 Å². The molecule has 1 atom stereocenters. The van der Waals surface area contributed by atoms with Crippen molar-refractivity contribution in [2.75, 3.05) is 7.05 Å². The van der Waals surface area contributed by atoms with Crippen molar-refractivity contribution in [3.63, 3.8) is 0 Å². The molecule has 0 bridgehead atoms. The standard InChI is InChI=1S/C14H22BrN/c1-14(2,3)10-9-13(16-4)11-7-5-6-8-12(11)15/h5-8,13,16H,9-10H2,1-4H3. The third kappa shape index (κ3) is 4.26. The molecular formula is C14H22BrN. The summed E-state index contributed by atoms with van der Waals surface area (Å²) in [6, 6.07) is 8.89. The first kappa shape index (κ1) is 13.7. The van der Waals surface area contributed by atoms with Gasteiger partial charge in [0, 0.05) is 10.5 Å². The van der Waals surface area contributed by atoms with E-state index in [2.05, 4.69) is 66.3 Å². The van der Waals surface area contributed by atoms with E-state index < -0.39 is 0 Å². The Hall–Kier alpha value is -0.340. The van der Waals surface area contributed by atoms with Crippen molar-refractivity contribution < 1.29 is 0 Å². The lowest BCUT2D eigenvalue weighted by Gasteiger charge is -2.24. The summed E-state index contributed by atoms with van der Waals surface area (Å²) < 4.78 is 1.20. The highest BCUT2D eigenvalue weighted by Gasteiger charge is 2.16. The Morgan fingerprint density at radius 2 is 1.88 bits per heavy atom. The first-order chi connectivity index (χ1) is 7.44. The van der Waals surface area contributed by atoms with Crippen molar-refractivity contribution in [3.8, 4) is 0 Å². The molecule has 0 amide bonds. The number of rotatable bonds is 4. The van der Waals surface area contributed by atoms with E-state index in [1.54, 1.807) is 0 Å². The van der Waals surface area contributed by atoms with Gasteiger partial charge in [-0.2, -0.15) is 0 Å². The summed E-state index contributed by atoms with van der Waals surface area (Å²) in [5.74, 6) is 0. The average Bonchev–Trinajstić information content (AvgIpc) is 2.20. The molecule has 2 heteroatoms. The monoisotopic (exact) mass is 283 g/mol. The van der Waals surface area contributed by atoms with E-state index in [1.807, 2.05) is 7.05 Å². The number of benzene rings is 1. The summed E-state index contributed by atoms with van der Waals surface area (Å²) in [5, 5.41) is 3.40. The van der Waals surface area contributed by atoms with Crippen LogP contribution >= 0.6 is 15.9 Å². The fraction of sp³-hybridized carbons (Fsp3) is 0.571. The maximum absolute atomic E-state index is 3.62. The minimum Gasteiger partial charge on any atom is -0.313 e. The summed E-state index contributed by atoms with van der Waals surface area (Å²) >= 11 is 3.62. The predicted octanol–water partition coefficient (Wildman–Crippen LogP) is 4.54. The van der Waals surface area contributed by atoms with Gasteiger partial charge < -0.3 is 5.32 Å². The van der Waals surface area contributed by atoms with Crippen LogP contribution in [-0.2, 0) is 0 Å². The summed E-state index contributed by atoms with van der Waals surface area (Å²) in [6.07, 6.45) is 2.39. The van der Waals surface area contributed by atoms with E-state index in [0.29, 0.717) is 11.5 Å². The molecule has 1 nitrogen and oxygen atoms in total. The molecule has 0 radical (unpaired) electrons. The zero-order valence-electron chi connectivity index (χ0n) is 10.7. The SMILES string of the molecule is CNC(CCC(C)(C)C)c1ccccc1Br. The number of hydrogen-bond donors (Lipinski definition) is 1. The van der Waals surface area contributed by atoms with Gasteiger partial charge in [-0.25, -0.2) is 0 Å². The van der Waals surface area contributed by atoms with Crippen molar-refractivity contribution in [3.05, 3.63) is 34.3 Å². The summed E-state index contributed by atoms with van der Waals surface area (Å²) in [4.78, 5) is 0. The Kier molecular flexibility index (Phi) is 5.00. The van der Waals surface area contributed by atoms with Crippen LogP contribution in [0.5, 0.6) is 0 Å². The van der Waals surface area contributed by atoms with Gasteiger partial charge >= 0.3 is 0 Å². The van der Waals surface area contributed by atoms with Crippen molar-refractivity contribution >= 4 is 15.9 Å². The fourth-order valence-electron chi connectivity index (χ4n) is 1.79. The van der Waals surface area contributed by atoms with Gasteiger partial charge in [-0.15, -0.1) is 0 Å². The van der Waals surface area contributed by atoms with Crippen LogP contribution in [0.3, 0.4) is 0 Å². The largest absolute Gasteiger partial charge is 0.313 e. The topological polar surface area (TPSA) is 12.0 Å². The summed E-state index contributed by atoms with van der Waals surface area (Å²) in [6.45, 7) is 6.87. The lowest BCUT2D eigenvalue weighted by atomic mass is 9.87. The quantitative estimate of drug-likeness (QED) is 0.856. The van der Waals surface area contributed by atoms with Crippen LogP contribution in [-0.4, -0.2) is 7.05 Å². The molecule has 0 spiro atoms. The maximum atomic E-state index is 3.62. The molecule has 0 fully saturated rings. The van der Waals surface area contributed by atoms with Crippen LogP contribution in [0, 0.1) is 5.41 Å². The molecule has 0 saturated heterocycles. The molecule has 1 N–H and O–H groups in total. The molecule has 0 heterocycles. The number of nitrogens with one attached hydrogen (secondary N) is 1. The molecule has 0 aliphatic rings. The van der Waals surface area contributed by atoms with Crippen LogP contribution in [0.2, 0.25) is 0 Å². The van der Waals surface area contributed by atoms with Crippen LogP contribution < -0.4 is 5.32 Å². The summed E-state index contributed by atoms with van der Waals surface area (Å²) in [5.41, 5.74) is 1.75. The first-order valence-electron chi connectivity index (χ1n) is 5.86. The Balaban J connectivity index is 2.72. The average molecular weight is 284 g/mol. The molecule has 90 valence electrons. The van der Waals surface area contributed by atoms with Crippen LogP contribution in [0.25, 0.3) is 0 Å². The molecule has 0 aliphatic heterocycles. The second-order valence-corrected chi connectivity index (χ2v) is 6.32. The van der Waals surface area contributed by atoms with Gasteiger partial charge in [-0.1, -0.05) is 54.9 Å². The maximum Gasteiger partial charge on any atom is 0.0328 e. The zero-order valence-corrected chi connectivity index (χ0v) is 12.3. The van der Waals surface area contributed by atoms with E-state index >= 15 is 0 Å². The normalized spacial score (nSPS) is 13.8. The van der Waals surface area contributed by atoms with Gasteiger partial charge in [0.15, 0.2) is 0 Å². The molecule has 0 aliphatic carbocycles. The second-order valence-electron chi connectivity index (χ2n) is 5.46. The molecule has 16 heavy (non-hydrogen) atoms. The van der Waals surface area contributed by atoms with Crippen molar-refractivity contribution in [1.82, 2.24) is 5.32 Å². The smallest absolute Gasteiger partial charge is 0.0328 e. The van der Waals surface area contributed by atoms with Crippen LogP contribution in [0.4, 0.5) is 0 Å². The Morgan fingerprint density at radius 3 is 2.38 bits per heavy atom. The lowest BCUT2D eigenvalue weighted by Crippen LogP contribution is -2.19. The molecule has 1 unspecified atom stereocenters. The Bertz CT molecular complexity index is 328. The molecular weight excluding hydrogens is 262 g/mol. The molecule has 1 rings (SSSR count). The second kappa shape index (κ2) is 5.83. The van der Waals surface area contributed by atoms with Crippen molar-refractivity contribution in [1.29, 1.82) is 0 Å². The van der Waals surface area contributed by atoms with Gasteiger partial charge in [0.2, 0.25) is 0 Å². The van der Waals surface area contributed by atoms with Gasteiger partial charge in [0.1, 0.15) is 0 Å². The minimum atomic E-state index is 0.399. The molecule has 1 aromatic rings. The number of hydrogen-bond acceptors (Lipinski definition) is 1. The highest BCUT2D eigenvalue weighted by Crippen LogP contribution is 2.30. The number of halogens is 1. The van der Waals surface area contributed by atoms with Crippen LogP contribution in [0.15, 0.2) is 28.7 Å². The fourth-order valence-corrected chi connectivity index (χ4v) is 2.35. The highest BCUT2D eigenvalue weighted by molar-refractivity contribution is 9.10. The Labute approximate surface area is 108 Å². The minimum absolute atomic E-state index is 0.399. The third-order valence-corrected chi connectivity index (χ3v) is 3.53. The van der Waals surface area contributed by atoms with E-state index in [0.717, 1.165) is 0 Å². The van der Waals surface area contributed by atoms with Gasteiger partial charge in [-0.05, 0) is 36.9 Å². The first-order valence-corrected chi connectivity index (χ1v) is 6.65. The molecule has 0 saturated carbocycles. The molecule has 0 aromatic heterocycles. The summed E-state index contributed by atoms with van der Waals surface area (Å²) in [7, 11) is 2.03. The highest BCUT2D eigenvalue weighted by atomic mass is 79.9. The van der Waals surface area contributed by atoms with Crippen molar-refractivity contribution in [2.45, 2.75) is 39.7 Å². The van der Waals surface area contributed by atoms with E-state index in [4.69, 9.17) is 0 Å². The molecule has 1 aromatic carbocycles. The van der Waals surface area contributed by atoms with Gasteiger partial charge in [0.25, 0.3) is 0 Å². The van der Waals surface area contributed by atoms with E-state index in [9.17, 15) is 0 Å². The van der Waals surface area contributed by atoms with Gasteiger partial charge in [0.05, 0.1) is 0 Å². The van der Waals surface area contributed by atoms with Gasteiger partial charge in [-0.3, -0.25) is 0 Å². The third-order valence-electron chi connectivity index (χ3n) is 2.81. The Morgan fingerprint density at radius 1 is 1.25 bits per heavy atom. The lowest BCUT2D eigenvalue weighted by molar-refractivity contribution is 0.337. The zero-order chi connectivity index (χ0) is 12.2. The van der Waals surface area contributed by atoms with Crippen LogP contribution in [0.1, 0.15) is 45.2 Å².